The van der Waals surface area contributed by atoms with Crippen LogP contribution in [0.3, 0.4) is 0 Å². The summed E-state index contributed by atoms with van der Waals surface area (Å²) in [6, 6.07) is 0.156. The van der Waals surface area contributed by atoms with Crippen LogP contribution >= 0.6 is 11.3 Å². The van der Waals surface area contributed by atoms with E-state index >= 15 is 0 Å². The van der Waals surface area contributed by atoms with E-state index in [1.807, 2.05) is 11.6 Å². The topological polar surface area (TPSA) is 64.3 Å². The van der Waals surface area contributed by atoms with Gasteiger partial charge in [0.05, 0.1) is 0 Å². The predicted octanol–water partition coefficient (Wildman–Crippen LogP) is 2.72. The molecule has 0 radical (unpaired) electrons. The van der Waals surface area contributed by atoms with Crippen molar-refractivity contribution in [1.29, 1.82) is 0 Å². The molecule has 0 aliphatic carbocycles. The first-order chi connectivity index (χ1) is 9.92. The first-order valence-electron chi connectivity index (χ1n) is 7.03. The number of hydrogen-bond donors (Lipinski definition) is 0. The lowest BCUT2D eigenvalue weighted by atomic mass is 10.2. The summed E-state index contributed by atoms with van der Waals surface area (Å²) in [5.74, 6) is 1.40. The SMILES string of the molecule is c1csc(N2CCC[C@H]2c2nc([C@@H]3CCCO3)no2)n1. The van der Waals surface area contributed by atoms with Crippen LogP contribution < -0.4 is 4.90 Å². The lowest BCUT2D eigenvalue weighted by molar-refractivity contribution is 0.103. The molecule has 0 aromatic carbocycles. The summed E-state index contributed by atoms with van der Waals surface area (Å²) in [4.78, 5) is 11.2. The highest BCUT2D eigenvalue weighted by molar-refractivity contribution is 7.13. The van der Waals surface area contributed by atoms with Crippen LogP contribution in [0.2, 0.25) is 0 Å². The Bertz CT molecular complexity index is 565. The number of hydrogen-bond acceptors (Lipinski definition) is 7. The molecule has 2 aromatic rings. The van der Waals surface area contributed by atoms with Crippen molar-refractivity contribution in [3.8, 4) is 0 Å². The Morgan fingerprint density at radius 3 is 3.10 bits per heavy atom. The summed E-state index contributed by atoms with van der Waals surface area (Å²) in [6.07, 6.45) is 6.07. The smallest absolute Gasteiger partial charge is 0.249 e. The molecule has 0 N–H and O–H groups in total. The van der Waals surface area contributed by atoms with E-state index in [1.54, 1.807) is 11.3 Å². The van der Waals surface area contributed by atoms with Gasteiger partial charge in [-0.1, -0.05) is 5.16 Å². The Labute approximate surface area is 120 Å². The Morgan fingerprint density at radius 2 is 2.30 bits per heavy atom. The second kappa shape index (κ2) is 5.14. The second-order valence-corrected chi connectivity index (χ2v) is 6.03. The van der Waals surface area contributed by atoms with Gasteiger partial charge in [-0.15, -0.1) is 11.3 Å². The zero-order valence-electron chi connectivity index (χ0n) is 11.1. The molecule has 0 unspecified atom stereocenters. The normalized spacial score (nSPS) is 26.5. The summed E-state index contributed by atoms with van der Waals surface area (Å²) in [7, 11) is 0. The molecule has 4 heterocycles. The zero-order chi connectivity index (χ0) is 13.4. The Balaban J connectivity index is 1.57. The van der Waals surface area contributed by atoms with E-state index in [0.717, 1.165) is 44.0 Å². The maximum Gasteiger partial charge on any atom is 0.249 e. The summed E-state index contributed by atoms with van der Waals surface area (Å²) < 4.78 is 11.1. The molecule has 2 fully saturated rings. The van der Waals surface area contributed by atoms with Crippen LogP contribution in [0.25, 0.3) is 0 Å². The van der Waals surface area contributed by atoms with Crippen molar-refractivity contribution in [3.63, 3.8) is 0 Å². The van der Waals surface area contributed by atoms with Gasteiger partial charge in [-0.05, 0) is 25.7 Å². The minimum absolute atomic E-state index is 0.0159. The largest absolute Gasteiger partial charge is 0.370 e. The van der Waals surface area contributed by atoms with E-state index in [0.29, 0.717) is 11.7 Å². The highest BCUT2D eigenvalue weighted by Gasteiger charge is 2.33. The standard InChI is InChI=1S/C13H16N4O2S/c1-3-9(17(6-1)13-14-5-8-20-13)12-15-11(16-19-12)10-4-2-7-18-10/h5,8-10H,1-4,6-7H2/t9-,10-/m0/s1. The number of anilines is 1. The summed E-state index contributed by atoms with van der Waals surface area (Å²) in [5.41, 5.74) is 0. The van der Waals surface area contributed by atoms with E-state index in [-0.39, 0.29) is 12.1 Å². The fourth-order valence-electron chi connectivity index (χ4n) is 2.90. The molecule has 106 valence electrons. The molecule has 2 aliphatic heterocycles. The molecular formula is C13H16N4O2S. The van der Waals surface area contributed by atoms with E-state index in [9.17, 15) is 0 Å². The van der Waals surface area contributed by atoms with Gasteiger partial charge in [-0.25, -0.2) is 4.98 Å². The van der Waals surface area contributed by atoms with Gasteiger partial charge >= 0.3 is 0 Å². The van der Waals surface area contributed by atoms with Crippen LogP contribution in [0.4, 0.5) is 5.13 Å². The number of ether oxygens (including phenoxy) is 1. The van der Waals surface area contributed by atoms with Gasteiger partial charge in [0.25, 0.3) is 0 Å². The maximum absolute atomic E-state index is 5.61. The van der Waals surface area contributed by atoms with Gasteiger partial charge in [0.1, 0.15) is 12.1 Å². The first-order valence-corrected chi connectivity index (χ1v) is 7.91. The van der Waals surface area contributed by atoms with Crippen molar-refractivity contribution >= 4 is 16.5 Å². The van der Waals surface area contributed by atoms with Gasteiger partial charge in [0.15, 0.2) is 5.13 Å². The van der Waals surface area contributed by atoms with Crippen molar-refractivity contribution < 1.29 is 9.26 Å². The minimum Gasteiger partial charge on any atom is -0.370 e. The van der Waals surface area contributed by atoms with Crippen molar-refractivity contribution in [2.45, 2.75) is 37.8 Å². The Hall–Kier alpha value is -1.47. The molecule has 0 bridgehead atoms. The van der Waals surface area contributed by atoms with E-state index in [2.05, 4.69) is 20.0 Å². The van der Waals surface area contributed by atoms with Crippen LogP contribution in [0, 0.1) is 0 Å². The molecule has 6 nitrogen and oxygen atoms in total. The quantitative estimate of drug-likeness (QED) is 0.866. The summed E-state index contributed by atoms with van der Waals surface area (Å²) in [5, 5.41) is 7.13. The summed E-state index contributed by atoms with van der Waals surface area (Å²) >= 11 is 1.65. The zero-order valence-corrected chi connectivity index (χ0v) is 11.9. The van der Waals surface area contributed by atoms with Crippen LogP contribution in [-0.2, 0) is 4.74 Å². The predicted molar refractivity (Wildman–Crippen MR) is 73.7 cm³/mol. The Morgan fingerprint density at radius 1 is 1.30 bits per heavy atom. The van der Waals surface area contributed by atoms with E-state index in [4.69, 9.17) is 9.26 Å². The average molecular weight is 292 g/mol. The fraction of sp³-hybridized carbons (Fsp3) is 0.615. The van der Waals surface area contributed by atoms with Gasteiger partial charge in [0.2, 0.25) is 11.7 Å². The lowest BCUT2D eigenvalue weighted by Crippen LogP contribution is -2.22. The van der Waals surface area contributed by atoms with Crippen LogP contribution in [0.15, 0.2) is 16.1 Å². The third-order valence-electron chi connectivity index (χ3n) is 3.88. The first kappa shape index (κ1) is 12.3. The van der Waals surface area contributed by atoms with Crippen LogP contribution in [0.5, 0.6) is 0 Å². The molecule has 2 saturated heterocycles. The highest BCUT2D eigenvalue weighted by Crippen LogP contribution is 2.37. The molecular weight excluding hydrogens is 276 g/mol. The maximum atomic E-state index is 5.61. The molecule has 7 heteroatoms. The van der Waals surface area contributed by atoms with Crippen molar-refractivity contribution in [3.05, 3.63) is 23.3 Å². The number of rotatable bonds is 3. The third-order valence-corrected chi connectivity index (χ3v) is 4.69. The molecule has 4 rings (SSSR count). The van der Waals surface area contributed by atoms with Crippen molar-refractivity contribution in [2.75, 3.05) is 18.1 Å². The molecule has 20 heavy (non-hydrogen) atoms. The second-order valence-electron chi connectivity index (χ2n) is 5.16. The van der Waals surface area contributed by atoms with E-state index < -0.39 is 0 Å². The molecule has 0 spiro atoms. The number of thiazole rings is 1. The Kier molecular flexibility index (Phi) is 3.16. The van der Waals surface area contributed by atoms with Crippen LogP contribution in [0.1, 0.15) is 49.5 Å². The van der Waals surface area contributed by atoms with Gasteiger partial charge in [-0.2, -0.15) is 4.98 Å². The average Bonchev–Trinajstić information content (AvgIpc) is 3.23. The summed E-state index contributed by atoms with van der Waals surface area (Å²) in [6.45, 7) is 1.79. The lowest BCUT2D eigenvalue weighted by Gasteiger charge is -2.20. The molecule has 0 saturated carbocycles. The number of aromatic nitrogens is 3. The minimum atomic E-state index is 0.0159. The molecule has 2 aliphatic rings. The van der Waals surface area contributed by atoms with Crippen LogP contribution in [-0.4, -0.2) is 28.3 Å². The number of nitrogens with zero attached hydrogens (tertiary/aromatic N) is 4. The monoisotopic (exact) mass is 292 g/mol. The van der Waals surface area contributed by atoms with Crippen molar-refractivity contribution in [2.24, 2.45) is 0 Å². The van der Waals surface area contributed by atoms with Gasteiger partial charge in [0, 0.05) is 24.7 Å². The van der Waals surface area contributed by atoms with Gasteiger partial charge < -0.3 is 14.2 Å². The molecule has 0 amide bonds. The third kappa shape index (κ3) is 2.10. The molecule has 2 atom stereocenters. The molecule has 2 aromatic heterocycles. The fourth-order valence-corrected chi connectivity index (χ4v) is 3.62. The van der Waals surface area contributed by atoms with Gasteiger partial charge in [-0.3, -0.25) is 0 Å². The van der Waals surface area contributed by atoms with E-state index in [1.165, 1.54) is 0 Å². The highest BCUT2D eigenvalue weighted by atomic mass is 32.1. The van der Waals surface area contributed by atoms with Crippen molar-refractivity contribution in [1.82, 2.24) is 15.1 Å².